The smallest absolute Gasteiger partial charge is 0.338 e. The number of carbonyl (C=O) groups is 2. The molecule has 0 aliphatic rings. The summed E-state index contributed by atoms with van der Waals surface area (Å²) in [6, 6.07) is 21.5. The normalized spacial score (nSPS) is 11.5. The number of nitrogens with zero attached hydrogens (tertiary/aromatic N) is 2. The van der Waals surface area contributed by atoms with Crippen LogP contribution in [0, 0.1) is 0 Å². The first-order chi connectivity index (χ1) is 16.5. The van der Waals surface area contributed by atoms with Gasteiger partial charge >= 0.3 is 12.0 Å². The highest BCUT2D eigenvalue weighted by Gasteiger charge is 2.24. The van der Waals surface area contributed by atoms with E-state index in [1.165, 1.54) is 0 Å². The Labute approximate surface area is 200 Å². The quantitative estimate of drug-likeness (QED) is 0.342. The van der Waals surface area contributed by atoms with Gasteiger partial charge in [-0.15, -0.1) is 10.2 Å². The van der Waals surface area contributed by atoms with E-state index in [0.29, 0.717) is 27.7 Å². The van der Waals surface area contributed by atoms with E-state index < -0.39 is 18.0 Å². The number of halogens is 1. The zero-order chi connectivity index (χ0) is 23.9. The molecule has 0 fully saturated rings. The van der Waals surface area contributed by atoms with Crippen molar-refractivity contribution in [3.05, 3.63) is 101 Å². The van der Waals surface area contributed by atoms with Crippen molar-refractivity contribution in [2.24, 2.45) is 0 Å². The van der Waals surface area contributed by atoms with Gasteiger partial charge in [0.2, 0.25) is 11.8 Å². The summed E-state index contributed by atoms with van der Waals surface area (Å²) >= 11 is 6.03. The van der Waals surface area contributed by atoms with Gasteiger partial charge in [0.15, 0.2) is 0 Å². The molecule has 0 aliphatic carbocycles. The number of amides is 2. The van der Waals surface area contributed by atoms with Crippen LogP contribution in [0.3, 0.4) is 0 Å². The Bertz CT molecular complexity index is 1260. The number of benzene rings is 3. The monoisotopic (exact) mass is 476 g/mol. The standard InChI is InChI=1S/C25H21ClN4O4/c1-2-33-24(31)18-10-14-20(15-11-18)27-25(32)28-21(16-8-12-19(26)13-9-16)23-30-29-22(34-23)17-6-4-3-5-7-17/h3-15,21H,2H2,1H3,(H2,27,28,32). The van der Waals surface area contributed by atoms with Crippen molar-refractivity contribution in [1.82, 2.24) is 15.5 Å². The van der Waals surface area contributed by atoms with E-state index in [4.69, 9.17) is 20.8 Å². The van der Waals surface area contributed by atoms with Crippen molar-refractivity contribution < 1.29 is 18.7 Å². The SMILES string of the molecule is CCOC(=O)c1ccc(NC(=O)NC(c2ccc(Cl)cc2)c2nnc(-c3ccccc3)o2)cc1. The number of ether oxygens (including phenoxy) is 1. The van der Waals surface area contributed by atoms with Crippen LogP contribution in [0.25, 0.3) is 11.5 Å². The lowest BCUT2D eigenvalue weighted by atomic mass is 10.1. The maximum Gasteiger partial charge on any atom is 0.338 e. The van der Waals surface area contributed by atoms with Gasteiger partial charge in [0.05, 0.1) is 12.2 Å². The lowest BCUT2D eigenvalue weighted by Crippen LogP contribution is -2.33. The molecule has 3 aromatic carbocycles. The van der Waals surface area contributed by atoms with Gasteiger partial charge in [0.25, 0.3) is 0 Å². The summed E-state index contributed by atoms with van der Waals surface area (Å²) in [6.45, 7) is 2.02. The molecule has 172 valence electrons. The van der Waals surface area contributed by atoms with Crippen LogP contribution in [0.15, 0.2) is 83.3 Å². The fourth-order valence-electron chi connectivity index (χ4n) is 3.19. The summed E-state index contributed by atoms with van der Waals surface area (Å²) in [5.74, 6) is 0.132. The number of carbonyl (C=O) groups excluding carboxylic acids is 2. The van der Waals surface area contributed by atoms with Gasteiger partial charge in [-0.1, -0.05) is 41.9 Å². The Morgan fingerprint density at radius 3 is 2.35 bits per heavy atom. The van der Waals surface area contributed by atoms with Gasteiger partial charge < -0.3 is 19.8 Å². The molecule has 8 nitrogen and oxygen atoms in total. The molecule has 0 bridgehead atoms. The first-order valence-electron chi connectivity index (χ1n) is 10.5. The Morgan fingerprint density at radius 2 is 1.68 bits per heavy atom. The molecule has 9 heteroatoms. The highest BCUT2D eigenvalue weighted by molar-refractivity contribution is 6.30. The molecule has 2 amide bonds. The minimum atomic E-state index is -0.721. The van der Waals surface area contributed by atoms with Crippen LogP contribution in [0.2, 0.25) is 5.02 Å². The summed E-state index contributed by atoms with van der Waals surface area (Å²) in [7, 11) is 0. The van der Waals surface area contributed by atoms with Crippen molar-refractivity contribution in [3.63, 3.8) is 0 Å². The summed E-state index contributed by atoms with van der Waals surface area (Å²) in [5, 5.41) is 14.4. The van der Waals surface area contributed by atoms with Crippen molar-refractivity contribution in [2.75, 3.05) is 11.9 Å². The molecule has 4 rings (SSSR count). The molecule has 1 unspecified atom stereocenters. The van der Waals surface area contributed by atoms with Gasteiger partial charge in [0, 0.05) is 16.3 Å². The lowest BCUT2D eigenvalue weighted by molar-refractivity contribution is 0.0526. The van der Waals surface area contributed by atoms with Crippen LogP contribution in [0.1, 0.15) is 34.8 Å². The Morgan fingerprint density at radius 1 is 0.971 bits per heavy atom. The van der Waals surface area contributed by atoms with Crippen LogP contribution in [0.5, 0.6) is 0 Å². The van der Waals surface area contributed by atoms with E-state index in [-0.39, 0.29) is 12.5 Å². The summed E-state index contributed by atoms with van der Waals surface area (Å²) in [6.07, 6.45) is 0. The Hall–Kier alpha value is -4.17. The number of rotatable bonds is 7. The fraction of sp³-hybridized carbons (Fsp3) is 0.120. The Kier molecular flexibility index (Phi) is 7.19. The molecule has 0 saturated carbocycles. The van der Waals surface area contributed by atoms with Crippen LogP contribution in [0.4, 0.5) is 10.5 Å². The maximum absolute atomic E-state index is 12.8. The second-order valence-corrected chi connectivity index (χ2v) is 7.63. The summed E-state index contributed by atoms with van der Waals surface area (Å²) < 4.78 is 10.9. The number of anilines is 1. The number of hydrogen-bond donors (Lipinski definition) is 2. The molecule has 2 N–H and O–H groups in total. The number of hydrogen-bond acceptors (Lipinski definition) is 6. The van der Waals surface area contributed by atoms with Gasteiger partial charge in [-0.05, 0) is 61.0 Å². The molecule has 0 radical (unpaired) electrons. The van der Waals surface area contributed by atoms with Crippen molar-refractivity contribution in [3.8, 4) is 11.5 Å². The third-order valence-corrected chi connectivity index (χ3v) is 5.09. The minimum Gasteiger partial charge on any atom is -0.462 e. The molecule has 0 spiro atoms. The van der Waals surface area contributed by atoms with Gasteiger partial charge in [-0.25, -0.2) is 9.59 Å². The molecular weight excluding hydrogens is 456 g/mol. The first kappa shape index (κ1) is 23.0. The minimum absolute atomic E-state index is 0.217. The van der Waals surface area contributed by atoms with Gasteiger partial charge in [0.1, 0.15) is 6.04 Å². The molecule has 0 aliphatic heterocycles. The first-order valence-corrected chi connectivity index (χ1v) is 10.9. The van der Waals surface area contributed by atoms with E-state index in [9.17, 15) is 9.59 Å². The van der Waals surface area contributed by atoms with Crippen LogP contribution in [-0.2, 0) is 4.74 Å². The molecular formula is C25H21ClN4O4. The highest BCUT2D eigenvalue weighted by Crippen LogP contribution is 2.26. The number of esters is 1. The van der Waals surface area contributed by atoms with Crippen molar-refractivity contribution in [2.45, 2.75) is 13.0 Å². The molecule has 1 atom stereocenters. The third kappa shape index (κ3) is 5.60. The largest absolute Gasteiger partial charge is 0.462 e. The molecule has 4 aromatic rings. The van der Waals surface area contributed by atoms with Crippen LogP contribution < -0.4 is 10.6 Å². The second-order valence-electron chi connectivity index (χ2n) is 7.19. The average molecular weight is 477 g/mol. The average Bonchev–Trinajstić information content (AvgIpc) is 3.34. The van der Waals surface area contributed by atoms with E-state index in [2.05, 4.69) is 20.8 Å². The van der Waals surface area contributed by atoms with Crippen molar-refractivity contribution in [1.29, 1.82) is 0 Å². The van der Waals surface area contributed by atoms with E-state index in [1.54, 1.807) is 55.5 Å². The van der Waals surface area contributed by atoms with Gasteiger partial charge in [-0.2, -0.15) is 0 Å². The molecule has 1 heterocycles. The Balaban J connectivity index is 1.53. The maximum atomic E-state index is 12.8. The van der Waals surface area contributed by atoms with Crippen molar-refractivity contribution >= 4 is 29.3 Å². The zero-order valence-electron chi connectivity index (χ0n) is 18.2. The molecule has 1 aromatic heterocycles. The molecule has 34 heavy (non-hydrogen) atoms. The van der Waals surface area contributed by atoms with E-state index >= 15 is 0 Å². The number of nitrogens with one attached hydrogen (secondary N) is 2. The zero-order valence-corrected chi connectivity index (χ0v) is 19.0. The number of urea groups is 1. The second kappa shape index (κ2) is 10.6. The van der Waals surface area contributed by atoms with Crippen LogP contribution in [-0.4, -0.2) is 28.8 Å². The summed E-state index contributed by atoms with van der Waals surface area (Å²) in [4.78, 5) is 24.6. The third-order valence-electron chi connectivity index (χ3n) is 4.84. The topological polar surface area (TPSA) is 106 Å². The van der Waals surface area contributed by atoms with Crippen LogP contribution >= 0.6 is 11.6 Å². The van der Waals surface area contributed by atoms with Gasteiger partial charge in [-0.3, -0.25) is 0 Å². The van der Waals surface area contributed by atoms with E-state index in [1.807, 2.05) is 30.3 Å². The molecule has 0 saturated heterocycles. The lowest BCUT2D eigenvalue weighted by Gasteiger charge is -2.16. The predicted molar refractivity (Wildman–Crippen MR) is 128 cm³/mol. The fourth-order valence-corrected chi connectivity index (χ4v) is 3.32. The number of aromatic nitrogens is 2. The predicted octanol–water partition coefficient (Wildman–Crippen LogP) is 5.48. The van der Waals surface area contributed by atoms with E-state index in [0.717, 1.165) is 5.56 Å². The summed E-state index contributed by atoms with van der Waals surface area (Å²) in [5.41, 5.74) is 2.37. The highest BCUT2D eigenvalue weighted by atomic mass is 35.5.